The van der Waals surface area contributed by atoms with E-state index in [2.05, 4.69) is 10.1 Å². The molecule has 0 aliphatic heterocycles. The minimum absolute atomic E-state index is 0.0152. The molecule has 0 amide bonds. The number of methoxy groups -OCH3 is 1. The van der Waals surface area contributed by atoms with E-state index in [9.17, 15) is 14.3 Å². The van der Waals surface area contributed by atoms with Gasteiger partial charge in [-0.2, -0.15) is 0 Å². The number of halogens is 2. The average molecular weight is 396 g/mol. The first-order chi connectivity index (χ1) is 12.9. The number of carbonyl (C=O) groups is 1. The van der Waals surface area contributed by atoms with E-state index in [1.54, 1.807) is 12.1 Å². The van der Waals surface area contributed by atoms with Crippen LogP contribution in [0.4, 0.5) is 4.39 Å². The van der Waals surface area contributed by atoms with Crippen molar-refractivity contribution in [2.45, 2.75) is 25.5 Å². The van der Waals surface area contributed by atoms with Gasteiger partial charge in [-0.3, -0.25) is 4.79 Å². The van der Waals surface area contributed by atoms with E-state index in [0.29, 0.717) is 17.9 Å². The Morgan fingerprint density at radius 1 is 1.26 bits per heavy atom. The van der Waals surface area contributed by atoms with Crippen LogP contribution in [0.2, 0.25) is 5.02 Å². The molecular weight excluding hydrogens is 373 g/mol. The van der Waals surface area contributed by atoms with Gasteiger partial charge in [-0.1, -0.05) is 29.8 Å². The first-order valence-corrected chi connectivity index (χ1v) is 8.91. The maximum atomic E-state index is 13.2. The zero-order valence-electron chi connectivity index (χ0n) is 15.2. The van der Waals surface area contributed by atoms with Gasteiger partial charge in [0.2, 0.25) is 0 Å². The quantitative estimate of drug-likeness (QED) is 0.638. The van der Waals surface area contributed by atoms with Gasteiger partial charge >= 0.3 is 5.97 Å². The van der Waals surface area contributed by atoms with Crippen LogP contribution in [-0.4, -0.2) is 37.4 Å². The number of carbonyl (C=O) groups excluding carboxylic acids is 1. The molecule has 5 nitrogen and oxygen atoms in total. The number of ether oxygens (including phenoxy) is 2. The molecular formula is C20H23ClFNO4. The Kier molecular flexibility index (Phi) is 8.03. The summed E-state index contributed by atoms with van der Waals surface area (Å²) in [7, 11) is 1.36. The second-order valence-electron chi connectivity index (χ2n) is 6.21. The summed E-state index contributed by atoms with van der Waals surface area (Å²) in [5, 5.41) is 13.3. The van der Waals surface area contributed by atoms with Crippen molar-refractivity contribution in [3.8, 4) is 5.75 Å². The highest BCUT2D eigenvalue weighted by Crippen LogP contribution is 2.20. The number of benzene rings is 2. The number of aliphatic hydroxyl groups is 1. The maximum absolute atomic E-state index is 13.2. The minimum atomic E-state index is -0.803. The third-order valence-corrected chi connectivity index (χ3v) is 4.28. The predicted octanol–water partition coefficient (Wildman–Crippen LogP) is 3.29. The summed E-state index contributed by atoms with van der Waals surface area (Å²) < 4.78 is 23.5. The minimum Gasteiger partial charge on any atom is -0.492 e. The zero-order chi connectivity index (χ0) is 19.8. The third kappa shape index (κ3) is 6.82. The van der Waals surface area contributed by atoms with Crippen molar-refractivity contribution in [2.75, 3.05) is 20.3 Å². The SMILES string of the molecule is COC(=O)Cc1ccc(OCC(C)NCC(O)c2ccc(F)c(Cl)c2)cc1. The van der Waals surface area contributed by atoms with Crippen LogP contribution in [0.25, 0.3) is 0 Å². The van der Waals surface area contributed by atoms with Crippen LogP contribution in [-0.2, 0) is 16.0 Å². The molecule has 2 N–H and O–H groups in total. The molecule has 0 heterocycles. The molecule has 0 spiro atoms. The van der Waals surface area contributed by atoms with Crippen molar-refractivity contribution in [2.24, 2.45) is 0 Å². The summed E-state index contributed by atoms with van der Waals surface area (Å²) in [4.78, 5) is 11.2. The van der Waals surface area contributed by atoms with Crippen molar-refractivity contribution in [1.82, 2.24) is 5.32 Å². The van der Waals surface area contributed by atoms with Crippen molar-refractivity contribution in [3.05, 3.63) is 64.4 Å². The summed E-state index contributed by atoms with van der Waals surface area (Å²) in [6.07, 6.45) is -0.580. The van der Waals surface area contributed by atoms with Crippen LogP contribution >= 0.6 is 11.6 Å². The number of esters is 1. The Morgan fingerprint density at radius 2 is 1.96 bits per heavy atom. The number of hydrogen-bond acceptors (Lipinski definition) is 5. The van der Waals surface area contributed by atoms with E-state index in [1.807, 2.05) is 19.1 Å². The molecule has 0 aromatic heterocycles. The fourth-order valence-corrected chi connectivity index (χ4v) is 2.56. The molecule has 2 aromatic rings. The molecule has 0 aliphatic rings. The monoisotopic (exact) mass is 395 g/mol. The molecule has 146 valence electrons. The Hall–Kier alpha value is -2.15. The summed E-state index contributed by atoms with van der Waals surface area (Å²) >= 11 is 5.73. The average Bonchev–Trinajstić information content (AvgIpc) is 2.67. The molecule has 0 saturated heterocycles. The summed E-state index contributed by atoms with van der Waals surface area (Å²) in [6, 6.07) is 11.3. The van der Waals surface area contributed by atoms with Crippen LogP contribution < -0.4 is 10.1 Å². The first kappa shape index (κ1) is 21.2. The van der Waals surface area contributed by atoms with Gasteiger partial charge in [0, 0.05) is 12.6 Å². The van der Waals surface area contributed by atoms with Crippen molar-refractivity contribution in [1.29, 1.82) is 0 Å². The number of rotatable bonds is 9. The highest BCUT2D eigenvalue weighted by molar-refractivity contribution is 6.30. The Balaban J connectivity index is 1.76. The fourth-order valence-electron chi connectivity index (χ4n) is 2.37. The highest BCUT2D eigenvalue weighted by atomic mass is 35.5. The fraction of sp³-hybridized carbons (Fsp3) is 0.350. The Bertz CT molecular complexity index is 754. The van der Waals surface area contributed by atoms with E-state index in [1.165, 1.54) is 25.3 Å². The van der Waals surface area contributed by atoms with Gasteiger partial charge in [-0.25, -0.2) is 4.39 Å². The van der Waals surface area contributed by atoms with Crippen molar-refractivity contribution >= 4 is 17.6 Å². The lowest BCUT2D eigenvalue weighted by Crippen LogP contribution is -2.34. The Morgan fingerprint density at radius 3 is 2.59 bits per heavy atom. The van der Waals surface area contributed by atoms with E-state index in [-0.39, 0.29) is 30.0 Å². The van der Waals surface area contributed by atoms with Gasteiger partial charge in [0.05, 0.1) is 24.7 Å². The van der Waals surface area contributed by atoms with E-state index in [0.717, 1.165) is 5.56 Å². The van der Waals surface area contributed by atoms with Gasteiger partial charge in [0.25, 0.3) is 0 Å². The first-order valence-electron chi connectivity index (χ1n) is 8.54. The van der Waals surface area contributed by atoms with Gasteiger partial charge in [-0.15, -0.1) is 0 Å². The molecule has 2 atom stereocenters. The smallest absolute Gasteiger partial charge is 0.309 e. The molecule has 2 rings (SSSR count). The lowest BCUT2D eigenvalue weighted by atomic mass is 10.1. The molecule has 0 fully saturated rings. The lowest BCUT2D eigenvalue weighted by Gasteiger charge is -2.18. The van der Waals surface area contributed by atoms with Gasteiger partial charge in [0.1, 0.15) is 18.2 Å². The second-order valence-corrected chi connectivity index (χ2v) is 6.61. The van der Waals surface area contributed by atoms with Crippen LogP contribution in [0, 0.1) is 5.82 Å². The normalized spacial score (nSPS) is 13.1. The van der Waals surface area contributed by atoms with Gasteiger partial charge < -0.3 is 19.9 Å². The summed E-state index contributed by atoms with van der Waals surface area (Å²) in [5.74, 6) is -0.120. The molecule has 0 bridgehead atoms. The molecule has 27 heavy (non-hydrogen) atoms. The topological polar surface area (TPSA) is 67.8 Å². The lowest BCUT2D eigenvalue weighted by molar-refractivity contribution is -0.139. The predicted molar refractivity (Wildman–Crippen MR) is 101 cm³/mol. The van der Waals surface area contributed by atoms with Crippen LogP contribution in [0.5, 0.6) is 5.75 Å². The Labute approximate surface area is 163 Å². The van der Waals surface area contributed by atoms with Crippen LogP contribution in [0.1, 0.15) is 24.2 Å². The molecule has 7 heteroatoms. The molecule has 2 aromatic carbocycles. The van der Waals surface area contributed by atoms with Gasteiger partial charge in [-0.05, 0) is 42.3 Å². The second kappa shape index (κ2) is 10.3. The molecule has 0 radical (unpaired) electrons. The van der Waals surface area contributed by atoms with Crippen molar-refractivity contribution < 1.29 is 23.8 Å². The maximum Gasteiger partial charge on any atom is 0.309 e. The highest BCUT2D eigenvalue weighted by Gasteiger charge is 2.12. The zero-order valence-corrected chi connectivity index (χ0v) is 16.0. The van der Waals surface area contributed by atoms with Crippen LogP contribution in [0.3, 0.4) is 0 Å². The third-order valence-electron chi connectivity index (χ3n) is 3.99. The largest absolute Gasteiger partial charge is 0.492 e. The number of nitrogens with one attached hydrogen (secondary N) is 1. The number of aliphatic hydroxyl groups excluding tert-OH is 1. The van der Waals surface area contributed by atoms with E-state index in [4.69, 9.17) is 16.3 Å². The van der Waals surface area contributed by atoms with E-state index >= 15 is 0 Å². The summed E-state index contributed by atoms with van der Waals surface area (Å²) in [6.45, 7) is 2.60. The molecule has 0 aliphatic carbocycles. The van der Waals surface area contributed by atoms with Crippen molar-refractivity contribution in [3.63, 3.8) is 0 Å². The van der Waals surface area contributed by atoms with Crippen LogP contribution in [0.15, 0.2) is 42.5 Å². The standard InChI is InChI=1S/C20H23ClFNO4/c1-13(23-11-19(24)15-5-8-18(22)17(21)10-15)12-27-16-6-3-14(4-7-16)9-20(25)26-2/h3-8,10,13,19,23-24H,9,11-12H2,1-2H3. The van der Waals surface area contributed by atoms with Gasteiger partial charge in [0.15, 0.2) is 0 Å². The summed E-state index contributed by atoms with van der Waals surface area (Å²) in [5.41, 5.74) is 1.39. The molecule has 2 unspecified atom stereocenters. The number of hydrogen-bond donors (Lipinski definition) is 2. The molecule has 0 saturated carbocycles. The van der Waals surface area contributed by atoms with E-state index < -0.39 is 11.9 Å².